The largest absolute Gasteiger partial charge is 0.493 e. The molecule has 2 aliphatic carbocycles. The molecule has 1 aromatic carbocycles. The number of rotatable bonds is 5. The lowest BCUT2D eigenvalue weighted by Gasteiger charge is -2.17. The van der Waals surface area contributed by atoms with Crippen molar-refractivity contribution in [2.45, 2.75) is 43.7 Å². The molecule has 0 saturated heterocycles. The predicted molar refractivity (Wildman–Crippen MR) is 74.2 cm³/mol. The van der Waals surface area contributed by atoms with Crippen molar-refractivity contribution in [3.63, 3.8) is 0 Å². The summed E-state index contributed by atoms with van der Waals surface area (Å²) in [7, 11) is 1.68. The number of methoxy groups -OCH3 is 1. The van der Waals surface area contributed by atoms with Crippen LogP contribution in [0.2, 0.25) is 0 Å². The van der Waals surface area contributed by atoms with Gasteiger partial charge < -0.3 is 15.2 Å². The van der Waals surface area contributed by atoms with Crippen molar-refractivity contribution in [1.82, 2.24) is 0 Å². The SMILES string of the molecule is COc1cc(Br)cc(CC2(N)CC2)c1OC1CC1. The molecule has 0 heterocycles. The third kappa shape index (κ3) is 2.64. The van der Waals surface area contributed by atoms with Crippen LogP contribution in [0.15, 0.2) is 16.6 Å². The van der Waals surface area contributed by atoms with E-state index in [9.17, 15) is 0 Å². The molecule has 2 N–H and O–H groups in total. The normalized spacial score (nSPS) is 20.6. The third-order valence-corrected chi connectivity index (χ3v) is 4.02. The second kappa shape index (κ2) is 4.42. The number of ether oxygens (including phenoxy) is 2. The summed E-state index contributed by atoms with van der Waals surface area (Å²) in [5.74, 6) is 1.69. The molecular weight excluding hydrogens is 294 g/mol. The number of nitrogens with two attached hydrogens (primary N) is 1. The summed E-state index contributed by atoms with van der Waals surface area (Å²) in [6.45, 7) is 0. The average molecular weight is 312 g/mol. The Morgan fingerprint density at radius 2 is 2.11 bits per heavy atom. The van der Waals surface area contributed by atoms with Crippen LogP contribution in [0.3, 0.4) is 0 Å². The van der Waals surface area contributed by atoms with E-state index in [1.54, 1.807) is 7.11 Å². The van der Waals surface area contributed by atoms with Crippen LogP contribution in [0.25, 0.3) is 0 Å². The van der Waals surface area contributed by atoms with Crippen molar-refractivity contribution >= 4 is 15.9 Å². The molecule has 18 heavy (non-hydrogen) atoms. The molecule has 2 saturated carbocycles. The second-order valence-corrected chi connectivity index (χ2v) is 6.37. The number of benzene rings is 1. The van der Waals surface area contributed by atoms with Crippen LogP contribution in [-0.2, 0) is 6.42 Å². The minimum Gasteiger partial charge on any atom is -0.493 e. The Morgan fingerprint density at radius 3 is 2.67 bits per heavy atom. The molecule has 98 valence electrons. The predicted octanol–water partition coefficient (Wildman–Crippen LogP) is 3.03. The zero-order valence-electron chi connectivity index (χ0n) is 10.5. The Balaban J connectivity index is 1.93. The summed E-state index contributed by atoms with van der Waals surface area (Å²) in [6.07, 6.45) is 5.73. The molecule has 0 aromatic heterocycles. The molecule has 0 radical (unpaired) electrons. The van der Waals surface area contributed by atoms with Gasteiger partial charge in [-0.05, 0) is 44.2 Å². The monoisotopic (exact) mass is 311 g/mol. The Morgan fingerprint density at radius 1 is 1.39 bits per heavy atom. The average Bonchev–Trinajstić information content (AvgIpc) is 3.21. The van der Waals surface area contributed by atoms with Gasteiger partial charge in [-0.2, -0.15) is 0 Å². The highest BCUT2D eigenvalue weighted by Gasteiger charge is 2.39. The Hall–Kier alpha value is -0.740. The molecule has 2 aliphatic rings. The first kappa shape index (κ1) is 12.3. The smallest absolute Gasteiger partial charge is 0.164 e. The van der Waals surface area contributed by atoms with E-state index in [4.69, 9.17) is 15.2 Å². The maximum atomic E-state index is 6.22. The van der Waals surface area contributed by atoms with Crippen LogP contribution in [-0.4, -0.2) is 18.8 Å². The molecular formula is C14H18BrNO2. The summed E-state index contributed by atoms with van der Waals surface area (Å²) >= 11 is 3.52. The highest BCUT2D eigenvalue weighted by Crippen LogP contribution is 2.43. The highest BCUT2D eigenvalue weighted by molar-refractivity contribution is 9.10. The first-order chi connectivity index (χ1) is 8.59. The topological polar surface area (TPSA) is 44.5 Å². The van der Waals surface area contributed by atoms with E-state index in [0.29, 0.717) is 6.10 Å². The van der Waals surface area contributed by atoms with Gasteiger partial charge in [-0.1, -0.05) is 15.9 Å². The van der Waals surface area contributed by atoms with E-state index in [2.05, 4.69) is 22.0 Å². The van der Waals surface area contributed by atoms with Crippen LogP contribution >= 0.6 is 15.9 Å². The van der Waals surface area contributed by atoms with E-state index < -0.39 is 0 Å². The van der Waals surface area contributed by atoms with Crippen molar-refractivity contribution in [2.24, 2.45) is 5.73 Å². The van der Waals surface area contributed by atoms with Crippen LogP contribution in [0.4, 0.5) is 0 Å². The van der Waals surface area contributed by atoms with Crippen LogP contribution < -0.4 is 15.2 Å². The molecule has 0 bridgehead atoms. The van der Waals surface area contributed by atoms with Crippen molar-refractivity contribution in [3.05, 3.63) is 22.2 Å². The molecule has 0 spiro atoms. The first-order valence-corrected chi connectivity index (χ1v) is 7.21. The van der Waals surface area contributed by atoms with Gasteiger partial charge in [-0.25, -0.2) is 0 Å². The molecule has 3 rings (SSSR count). The first-order valence-electron chi connectivity index (χ1n) is 6.42. The lowest BCUT2D eigenvalue weighted by molar-refractivity contribution is 0.278. The summed E-state index contributed by atoms with van der Waals surface area (Å²) in [5.41, 5.74) is 7.36. The molecule has 1 aromatic rings. The lowest BCUT2D eigenvalue weighted by Crippen LogP contribution is -2.25. The van der Waals surface area contributed by atoms with E-state index in [1.165, 1.54) is 0 Å². The Kier molecular flexibility index (Phi) is 3.02. The van der Waals surface area contributed by atoms with Gasteiger partial charge in [0, 0.05) is 15.6 Å². The molecule has 0 aliphatic heterocycles. The molecule has 3 nitrogen and oxygen atoms in total. The molecule has 2 fully saturated rings. The van der Waals surface area contributed by atoms with Gasteiger partial charge in [0.05, 0.1) is 13.2 Å². The van der Waals surface area contributed by atoms with E-state index in [1.807, 2.05) is 6.07 Å². The van der Waals surface area contributed by atoms with Gasteiger partial charge in [0.2, 0.25) is 0 Å². The Bertz CT molecular complexity index is 467. The third-order valence-electron chi connectivity index (χ3n) is 3.56. The van der Waals surface area contributed by atoms with Gasteiger partial charge in [0.15, 0.2) is 11.5 Å². The van der Waals surface area contributed by atoms with Gasteiger partial charge in [0.25, 0.3) is 0 Å². The van der Waals surface area contributed by atoms with Gasteiger partial charge in [0.1, 0.15) is 0 Å². The standard InChI is InChI=1S/C14H18BrNO2/c1-17-12-7-10(15)6-9(8-14(16)4-5-14)13(12)18-11-2-3-11/h6-7,11H,2-5,8,16H2,1H3. The summed E-state index contributed by atoms with van der Waals surface area (Å²) in [5, 5.41) is 0. The van der Waals surface area contributed by atoms with Crippen molar-refractivity contribution in [3.8, 4) is 11.5 Å². The van der Waals surface area contributed by atoms with Gasteiger partial charge >= 0.3 is 0 Å². The summed E-state index contributed by atoms with van der Waals surface area (Å²) < 4.78 is 12.5. The van der Waals surface area contributed by atoms with Gasteiger partial charge in [-0.3, -0.25) is 0 Å². The zero-order valence-corrected chi connectivity index (χ0v) is 12.1. The van der Waals surface area contributed by atoms with Gasteiger partial charge in [-0.15, -0.1) is 0 Å². The van der Waals surface area contributed by atoms with E-state index in [-0.39, 0.29) is 5.54 Å². The molecule has 4 heteroatoms. The molecule has 0 unspecified atom stereocenters. The lowest BCUT2D eigenvalue weighted by atomic mass is 10.0. The van der Waals surface area contributed by atoms with Crippen LogP contribution in [0.5, 0.6) is 11.5 Å². The maximum Gasteiger partial charge on any atom is 0.164 e. The number of hydrogen-bond acceptors (Lipinski definition) is 3. The van der Waals surface area contributed by atoms with Crippen LogP contribution in [0.1, 0.15) is 31.2 Å². The fourth-order valence-corrected chi connectivity index (χ4v) is 2.59. The summed E-state index contributed by atoms with van der Waals surface area (Å²) in [6, 6.07) is 4.06. The fraction of sp³-hybridized carbons (Fsp3) is 0.571. The molecule has 0 atom stereocenters. The van der Waals surface area contributed by atoms with Crippen molar-refractivity contribution < 1.29 is 9.47 Å². The zero-order chi connectivity index (χ0) is 12.8. The van der Waals surface area contributed by atoms with Crippen molar-refractivity contribution in [2.75, 3.05) is 7.11 Å². The minimum atomic E-state index is -0.0204. The fourth-order valence-electron chi connectivity index (χ4n) is 2.11. The second-order valence-electron chi connectivity index (χ2n) is 5.45. The minimum absolute atomic E-state index is 0.0204. The highest BCUT2D eigenvalue weighted by atomic mass is 79.9. The number of hydrogen-bond donors (Lipinski definition) is 1. The quantitative estimate of drug-likeness (QED) is 0.909. The molecule has 0 amide bonds. The van der Waals surface area contributed by atoms with E-state index in [0.717, 1.165) is 53.6 Å². The Labute approximate surface area is 116 Å². The van der Waals surface area contributed by atoms with E-state index >= 15 is 0 Å². The number of halogens is 1. The summed E-state index contributed by atoms with van der Waals surface area (Å²) in [4.78, 5) is 0. The maximum absolute atomic E-state index is 6.22. The van der Waals surface area contributed by atoms with Crippen LogP contribution in [0, 0.1) is 0 Å². The van der Waals surface area contributed by atoms with Crippen molar-refractivity contribution in [1.29, 1.82) is 0 Å².